The van der Waals surface area contributed by atoms with Gasteiger partial charge in [0.05, 0.1) is 23.0 Å². The number of amides is 1. The zero-order valence-electron chi connectivity index (χ0n) is 20.3. The number of rotatable bonds is 10. The van der Waals surface area contributed by atoms with E-state index < -0.39 is 22.9 Å². The molecule has 1 aromatic rings. The molecule has 2 saturated heterocycles. The molecule has 0 radical (unpaired) electrons. The number of hydrogen-bond acceptors (Lipinski definition) is 11. The van der Waals surface area contributed by atoms with Crippen LogP contribution < -0.4 is 9.86 Å². The number of nitrogens with zero attached hydrogens (tertiary/aromatic N) is 3. The van der Waals surface area contributed by atoms with Crippen LogP contribution in [0.4, 0.5) is 5.69 Å². The van der Waals surface area contributed by atoms with E-state index >= 15 is 0 Å². The molecule has 3 aliphatic rings. The molecule has 0 spiro atoms. The molecule has 196 valence electrons. The maximum absolute atomic E-state index is 13.3. The molecule has 1 amide bonds. The highest BCUT2D eigenvalue weighted by Crippen LogP contribution is 2.52. The van der Waals surface area contributed by atoms with Crippen LogP contribution in [-0.4, -0.2) is 75.3 Å². The third-order valence-electron chi connectivity index (χ3n) is 7.16. The predicted octanol–water partition coefficient (Wildman–Crippen LogP) is 1.62. The number of non-ortho nitro benzene ring substituents is 1. The van der Waals surface area contributed by atoms with Crippen LogP contribution in [0.1, 0.15) is 25.8 Å². The lowest BCUT2D eigenvalue weighted by atomic mass is 9.79. The minimum atomic E-state index is -0.815. The van der Waals surface area contributed by atoms with Crippen molar-refractivity contribution in [2.24, 2.45) is 17.0 Å². The first-order valence-corrected chi connectivity index (χ1v) is 13.5. The van der Waals surface area contributed by atoms with Gasteiger partial charge in [0.1, 0.15) is 12.3 Å². The maximum atomic E-state index is 13.3. The number of nitrogens with two attached hydrogens (primary N) is 1. The second-order valence-electron chi connectivity index (χ2n) is 9.50. The Hall–Kier alpha value is -2.16. The van der Waals surface area contributed by atoms with Crippen molar-refractivity contribution in [1.29, 1.82) is 0 Å². The lowest BCUT2D eigenvalue weighted by molar-refractivity contribution is -0.384. The van der Waals surface area contributed by atoms with E-state index in [1.165, 1.54) is 29.2 Å². The minimum absolute atomic E-state index is 0.0469. The molecular formula is C23H31N5O6S2. The molecule has 11 nitrogen and oxygen atoms in total. The molecule has 3 aliphatic heterocycles. The average Bonchev–Trinajstić information content (AvgIpc) is 3.30. The molecule has 13 heteroatoms. The third-order valence-corrected chi connectivity index (χ3v) is 8.99. The number of nitrogens with one attached hydrogen (secondary N) is 1. The van der Waals surface area contributed by atoms with Gasteiger partial charge in [-0.05, 0) is 38.1 Å². The van der Waals surface area contributed by atoms with Crippen LogP contribution in [0.5, 0.6) is 0 Å². The molecule has 0 bridgehead atoms. The molecule has 4 N–H and O–H groups in total. The van der Waals surface area contributed by atoms with Gasteiger partial charge in [0.15, 0.2) is 0 Å². The predicted molar refractivity (Wildman–Crippen MR) is 137 cm³/mol. The van der Waals surface area contributed by atoms with Crippen molar-refractivity contribution in [3.05, 3.63) is 50.5 Å². The lowest BCUT2D eigenvalue weighted by Gasteiger charge is -2.46. The number of hydrogen-bond donors (Lipinski definition) is 3. The number of likely N-dealkylation sites (tertiary alicyclic amines) is 1. The molecule has 1 unspecified atom stereocenters. The van der Waals surface area contributed by atoms with Crippen LogP contribution in [0.3, 0.4) is 0 Å². The molecule has 1 aromatic carbocycles. The van der Waals surface area contributed by atoms with Crippen molar-refractivity contribution in [2.45, 2.75) is 50.3 Å². The number of likely N-dealkylation sites (N-methyl/N-ethyl adjacent to an activating group) is 1. The van der Waals surface area contributed by atoms with Gasteiger partial charge >= 0.3 is 5.97 Å². The first kappa shape index (κ1) is 26.9. The van der Waals surface area contributed by atoms with Crippen molar-refractivity contribution < 1.29 is 24.4 Å². The summed E-state index contributed by atoms with van der Waals surface area (Å²) in [6, 6.07) is 5.80. The van der Waals surface area contributed by atoms with Gasteiger partial charge in [-0.15, -0.1) is 11.8 Å². The Balaban J connectivity index is 1.53. The highest BCUT2D eigenvalue weighted by atomic mass is 32.2. The van der Waals surface area contributed by atoms with Gasteiger partial charge in [-0.2, -0.15) is 0 Å². The zero-order valence-corrected chi connectivity index (χ0v) is 22.0. The van der Waals surface area contributed by atoms with E-state index in [0.717, 1.165) is 36.5 Å². The lowest BCUT2D eigenvalue weighted by Crippen LogP contribution is -2.63. The van der Waals surface area contributed by atoms with Crippen LogP contribution in [0.25, 0.3) is 0 Å². The minimum Gasteiger partial charge on any atom is -0.456 e. The molecule has 3 heterocycles. The van der Waals surface area contributed by atoms with E-state index in [0.29, 0.717) is 11.6 Å². The SMILES string of the molecule is C[C@H]1C(S[C@H]2C[C@@H](CNSN)N(C)C2)=C(C(=O)OCc2ccc([N+](=O)[O-])cc2)N2C(=O)[C@H]([C@@H](C)O)C12. The summed E-state index contributed by atoms with van der Waals surface area (Å²) in [5.41, 5.74) is 0.811. The number of nitro groups is 1. The quantitative estimate of drug-likeness (QED) is 0.131. The fourth-order valence-electron chi connectivity index (χ4n) is 5.28. The topological polar surface area (TPSA) is 151 Å². The summed E-state index contributed by atoms with van der Waals surface area (Å²) < 4.78 is 8.67. The second kappa shape index (κ2) is 11.1. The molecule has 0 aliphatic carbocycles. The molecule has 4 rings (SSSR count). The number of fused-ring (bicyclic) bond motifs is 1. The normalized spacial score (nSPS) is 28.8. The Morgan fingerprint density at radius 3 is 2.69 bits per heavy atom. The fraction of sp³-hybridized carbons (Fsp3) is 0.565. The van der Waals surface area contributed by atoms with E-state index in [2.05, 4.69) is 16.7 Å². The zero-order chi connectivity index (χ0) is 26.1. The Morgan fingerprint density at radius 2 is 2.08 bits per heavy atom. The van der Waals surface area contributed by atoms with Crippen LogP contribution in [0, 0.1) is 22.0 Å². The molecule has 0 aromatic heterocycles. The van der Waals surface area contributed by atoms with Gasteiger partial charge in [-0.3, -0.25) is 20.0 Å². The molecule has 6 atom stereocenters. The molecule has 0 saturated carbocycles. The monoisotopic (exact) mass is 537 g/mol. The molecular weight excluding hydrogens is 506 g/mol. The van der Waals surface area contributed by atoms with Crippen LogP contribution in [0.2, 0.25) is 0 Å². The van der Waals surface area contributed by atoms with Crippen LogP contribution in [0.15, 0.2) is 34.9 Å². The van der Waals surface area contributed by atoms with Crippen LogP contribution in [-0.2, 0) is 20.9 Å². The van der Waals surface area contributed by atoms with Gasteiger partial charge in [0.25, 0.3) is 5.69 Å². The van der Waals surface area contributed by atoms with Crippen molar-refractivity contribution in [1.82, 2.24) is 14.5 Å². The van der Waals surface area contributed by atoms with E-state index in [1.807, 2.05) is 6.92 Å². The van der Waals surface area contributed by atoms with E-state index in [1.54, 1.807) is 18.7 Å². The second-order valence-corrected chi connectivity index (χ2v) is 11.4. The number of β-lactam (4-membered cyclic amide) rings is 1. The number of nitro benzene ring substituents is 1. The average molecular weight is 538 g/mol. The van der Waals surface area contributed by atoms with Crippen molar-refractivity contribution in [3.8, 4) is 0 Å². The van der Waals surface area contributed by atoms with Crippen molar-refractivity contribution >= 4 is 41.5 Å². The maximum Gasteiger partial charge on any atom is 0.356 e. The van der Waals surface area contributed by atoms with Gasteiger partial charge in [0, 0.05) is 59.5 Å². The highest BCUT2D eigenvalue weighted by molar-refractivity contribution is 8.03. The third kappa shape index (κ3) is 5.13. The standard InChI is InChI=1S/C23H31N5O6S2/c1-12-19-18(13(2)29)22(30)27(19)20(21(12)35-17-8-16(9-25-36-24)26(3)10-17)23(31)34-11-14-4-6-15(7-5-14)28(32)33/h4-7,12-13,16-19,25,29H,8-11,24H2,1-3H3/t12-,13-,16+,17+,18-,19?/m1/s1. The fourth-order valence-corrected chi connectivity index (χ4v) is 7.20. The number of aliphatic hydroxyl groups is 1. The Morgan fingerprint density at radius 1 is 1.39 bits per heavy atom. The number of thioether (sulfide) groups is 1. The van der Waals surface area contributed by atoms with Crippen LogP contribution >= 0.6 is 23.9 Å². The number of ether oxygens (including phenoxy) is 1. The summed E-state index contributed by atoms with van der Waals surface area (Å²) in [5.74, 6) is -1.55. The van der Waals surface area contributed by atoms with E-state index in [-0.39, 0.29) is 41.1 Å². The summed E-state index contributed by atoms with van der Waals surface area (Å²) in [6.07, 6.45) is 0.0823. The Labute approximate surface area is 218 Å². The largest absolute Gasteiger partial charge is 0.456 e. The first-order chi connectivity index (χ1) is 17.1. The van der Waals surface area contributed by atoms with Gasteiger partial charge in [-0.25, -0.2) is 9.52 Å². The molecule has 36 heavy (non-hydrogen) atoms. The number of esters is 1. The number of aliphatic hydroxyl groups excluding tert-OH is 1. The summed E-state index contributed by atoms with van der Waals surface area (Å²) in [7, 11) is 2.06. The summed E-state index contributed by atoms with van der Waals surface area (Å²) in [5, 5.41) is 26.8. The molecule has 2 fully saturated rings. The summed E-state index contributed by atoms with van der Waals surface area (Å²) >= 11 is 2.70. The number of carbonyl (C=O) groups excluding carboxylic acids is 2. The van der Waals surface area contributed by atoms with Gasteiger partial charge in [0.2, 0.25) is 5.91 Å². The highest BCUT2D eigenvalue weighted by Gasteiger charge is 2.60. The van der Waals surface area contributed by atoms with E-state index in [4.69, 9.17) is 9.88 Å². The van der Waals surface area contributed by atoms with Crippen molar-refractivity contribution in [2.75, 3.05) is 20.1 Å². The Kier molecular flexibility index (Phi) is 8.27. The van der Waals surface area contributed by atoms with E-state index in [9.17, 15) is 24.8 Å². The number of benzene rings is 1. The smallest absolute Gasteiger partial charge is 0.356 e. The summed E-state index contributed by atoms with van der Waals surface area (Å²) in [6.45, 7) is 5.08. The van der Waals surface area contributed by atoms with Gasteiger partial charge < -0.3 is 19.6 Å². The number of carbonyl (C=O) groups is 2. The van der Waals surface area contributed by atoms with Crippen molar-refractivity contribution in [3.63, 3.8) is 0 Å². The Bertz CT molecular complexity index is 1050. The van der Waals surface area contributed by atoms with Gasteiger partial charge in [-0.1, -0.05) is 6.92 Å². The first-order valence-electron chi connectivity index (χ1n) is 11.7. The summed E-state index contributed by atoms with van der Waals surface area (Å²) in [4.78, 5) is 41.2.